The van der Waals surface area contributed by atoms with Crippen molar-refractivity contribution in [1.29, 1.82) is 0 Å². The molecule has 21 heavy (non-hydrogen) atoms. The highest BCUT2D eigenvalue weighted by atomic mass is 16.5. The van der Waals surface area contributed by atoms with E-state index >= 15 is 0 Å². The fourth-order valence-electron chi connectivity index (χ4n) is 2.10. The maximum absolute atomic E-state index is 12.3. The van der Waals surface area contributed by atoms with Crippen molar-refractivity contribution in [3.63, 3.8) is 0 Å². The SMILES string of the molecule is COC(=O)[C@H](CC(C)C)NC(=O)[C@@H](OC)c1ccccc1. The summed E-state index contributed by atoms with van der Waals surface area (Å²) in [7, 11) is 2.78. The monoisotopic (exact) mass is 293 g/mol. The fraction of sp³-hybridized carbons (Fsp3) is 0.500. The number of ether oxygens (including phenoxy) is 2. The molecule has 0 unspecified atom stereocenters. The zero-order chi connectivity index (χ0) is 15.8. The number of rotatable bonds is 7. The maximum Gasteiger partial charge on any atom is 0.328 e. The molecule has 1 aromatic rings. The summed E-state index contributed by atoms with van der Waals surface area (Å²) in [6.07, 6.45) is -0.227. The third-order valence-corrected chi connectivity index (χ3v) is 3.09. The van der Waals surface area contributed by atoms with Crippen LogP contribution in [0.1, 0.15) is 31.9 Å². The molecule has 0 aromatic heterocycles. The topological polar surface area (TPSA) is 64.6 Å². The molecule has 0 heterocycles. The van der Waals surface area contributed by atoms with E-state index in [1.54, 1.807) is 0 Å². The van der Waals surface area contributed by atoms with Crippen molar-refractivity contribution in [2.75, 3.05) is 14.2 Å². The van der Waals surface area contributed by atoms with Crippen LogP contribution in [0.2, 0.25) is 0 Å². The largest absolute Gasteiger partial charge is 0.467 e. The van der Waals surface area contributed by atoms with Crippen molar-refractivity contribution in [2.24, 2.45) is 5.92 Å². The summed E-state index contributed by atoms with van der Waals surface area (Å²) >= 11 is 0. The van der Waals surface area contributed by atoms with Crippen molar-refractivity contribution in [3.8, 4) is 0 Å². The van der Waals surface area contributed by atoms with E-state index in [0.29, 0.717) is 6.42 Å². The number of nitrogens with one attached hydrogen (secondary N) is 1. The van der Waals surface area contributed by atoms with E-state index in [9.17, 15) is 9.59 Å². The second kappa shape index (κ2) is 8.42. The Kier molecular flexibility index (Phi) is 6.88. The Labute approximate surface area is 125 Å². The molecule has 0 aliphatic heterocycles. The van der Waals surface area contributed by atoms with E-state index in [1.165, 1.54) is 14.2 Å². The Morgan fingerprint density at radius 1 is 1.14 bits per heavy atom. The summed E-state index contributed by atoms with van der Waals surface area (Å²) in [5.41, 5.74) is 0.741. The van der Waals surface area contributed by atoms with Crippen LogP contribution in [0.15, 0.2) is 30.3 Å². The lowest BCUT2D eigenvalue weighted by Gasteiger charge is -2.22. The Hall–Kier alpha value is -1.88. The third kappa shape index (κ3) is 5.19. The van der Waals surface area contributed by atoms with Gasteiger partial charge < -0.3 is 14.8 Å². The molecule has 1 aromatic carbocycles. The van der Waals surface area contributed by atoms with Crippen LogP contribution in [-0.2, 0) is 19.1 Å². The smallest absolute Gasteiger partial charge is 0.328 e. The van der Waals surface area contributed by atoms with Crippen molar-refractivity contribution in [3.05, 3.63) is 35.9 Å². The van der Waals surface area contributed by atoms with E-state index in [-0.39, 0.29) is 11.8 Å². The highest BCUT2D eigenvalue weighted by Gasteiger charge is 2.27. The summed E-state index contributed by atoms with van der Waals surface area (Å²) < 4.78 is 9.99. The normalized spacial score (nSPS) is 13.6. The zero-order valence-corrected chi connectivity index (χ0v) is 13.0. The first-order valence-corrected chi connectivity index (χ1v) is 6.95. The Bertz CT molecular complexity index is 459. The van der Waals surface area contributed by atoms with Crippen LogP contribution in [0.4, 0.5) is 0 Å². The van der Waals surface area contributed by atoms with E-state index < -0.39 is 18.1 Å². The standard InChI is InChI=1S/C16H23NO4/c1-11(2)10-13(16(19)21-4)17-15(18)14(20-3)12-8-6-5-7-9-12/h5-9,11,13-14H,10H2,1-4H3,(H,17,18)/t13-,14-/m0/s1. The minimum absolute atomic E-state index is 0.257. The molecule has 0 aliphatic carbocycles. The number of benzene rings is 1. The minimum atomic E-state index is -0.745. The van der Waals surface area contributed by atoms with Crippen molar-refractivity contribution in [1.82, 2.24) is 5.32 Å². The number of amides is 1. The van der Waals surface area contributed by atoms with Gasteiger partial charge in [0, 0.05) is 7.11 Å². The van der Waals surface area contributed by atoms with Gasteiger partial charge in [0.25, 0.3) is 5.91 Å². The van der Waals surface area contributed by atoms with Crippen LogP contribution < -0.4 is 5.32 Å². The second-order valence-electron chi connectivity index (χ2n) is 5.24. The number of hydrogen-bond donors (Lipinski definition) is 1. The summed E-state index contributed by atoms with van der Waals surface area (Å²) in [6, 6.07) is 8.49. The van der Waals surface area contributed by atoms with Crippen molar-refractivity contribution in [2.45, 2.75) is 32.4 Å². The Morgan fingerprint density at radius 2 is 1.76 bits per heavy atom. The van der Waals surface area contributed by atoms with Crippen LogP contribution in [0.3, 0.4) is 0 Å². The van der Waals surface area contributed by atoms with E-state index in [0.717, 1.165) is 5.56 Å². The molecule has 0 saturated carbocycles. The van der Waals surface area contributed by atoms with Crippen LogP contribution in [-0.4, -0.2) is 32.1 Å². The fourth-order valence-corrected chi connectivity index (χ4v) is 2.10. The summed E-state index contributed by atoms with van der Waals surface area (Å²) in [4.78, 5) is 24.1. The third-order valence-electron chi connectivity index (χ3n) is 3.09. The van der Waals surface area contributed by atoms with Crippen molar-refractivity contribution >= 4 is 11.9 Å². The minimum Gasteiger partial charge on any atom is -0.467 e. The Balaban J connectivity index is 2.81. The number of hydrogen-bond acceptors (Lipinski definition) is 4. The van der Waals surface area contributed by atoms with Crippen LogP contribution in [0.5, 0.6) is 0 Å². The first-order valence-electron chi connectivity index (χ1n) is 6.95. The van der Waals surface area contributed by atoms with Gasteiger partial charge in [-0.1, -0.05) is 44.2 Å². The lowest BCUT2D eigenvalue weighted by atomic mass is 10.0. The molecule has 1 rings (SSSR count). The van der Waals surface area contributed by atoms with Gasteiger partial charge in [0.05, 0.1) is 7.11 Å². The van der Waals surface area contributed by atoms with Crippen LogP contribution >= 0.6 is 0 Å². The molecule has 1 amide bonds. The second-order valence-corrected chi connectivity index (χ2v) is 5.24. The Morgan fingerprint density at radius 3 is 2.24 bits per heavy atom. The number of carbonyl (C=O) groups is 2. The van der Waals surface area contributed by atoms with Crippen molar-refractivity contribution < 1.29 is 19.1 Å². The molecular formula is C16H23NO4. The molecule has 0 radical (unpaired) electrons. The molecular weight excluding hydrogens is 270 g/mol. The lowest BCUT2D eigenvalue weighted by Crippen LogP contribution is -2.44. The molecule has 0 spiro atoms. The average Bonchev–Trinajstić information content (AvgIpc) is 2.47. The molecule has 1 N–H and O–H groups in total. The summed E-state index contributed by atoms with van der Waals surface area (Å²) in [6.45, 7) is 3.96. The predicted molar refractivity (Wildman–Crippen MR) is 79.6 cm³/mol. The number of methoxy groups -OCH3 is 2. The van der Waals surface area contributed by atoms with Crippen LogP contribution in [0, 0.1) is 5.92 Å². The highest BCUT2D eigenvalue weighted by Crippen LogP contribution is 2.17. The molecule has 2 atom stereocenters. The number of carbonyl (C=O) groups excluding carboxylic acids is 2. The lowest BCUT2D eigenvalue weighted by molar-refractivity contribution is -0.147. The predicted octanol–water partition coefficient (Wildman–Crippen LogP) is 2.08. The van der Waals surface area contributed by atoms with Gasteiger partial charge in [-0.2, -0.15) is 0 Å². The molecule has 0 fully saturated rings. The van der Waals surface area contributed by atoms with Gasteiger partial charge in [-0.15, -0.1) is 0 Å². The molecule has 0 bridgehead atoms. The van der Waals surface area contributed by atoms with Gasteiger partial charge >= 0.3 is 5.97 Å². The first-order chi connectivity index (χ1) is 9.99. The molecule has 116 valence electrons. The maximum atomic E-state index is 12.3. The zero-order valence-electron chi connectivity index (χ0n) is 13.0. The van der Waals surface area contributed by atoms with Gasteiger partial charge in [0.2, 0.25) is 0 Å². The van der Waals surface area contributed by atoms with E-state index in [1.807, 2.05) is 44.2 Å². The molecule has 0 aliphatic rings. The van der Waals surface area contributed by atoms with Gasteiger partial charge in [0.15, 0.2) is 6.10 Å². The summed E-state index contributed by atoms with van der Waals surface area (Å²) in [5.74, 6) is -0.535. The van der Waals surface area contributed by atoms with E-state index in [2.05, 4.69) is 5.32 Å². The summed E-state index contributed by atoms with van der Waals surface area (Å²) in [5, 5.41) is 2.71. The molecule has 5 heteroatoms. The van der Waals surface area contributed by atoms with Gasteiger partial charge in [-0.25, -0.2) is 4.79 Å². The average molecular weight is 293 g/mol. The highest BCUT2D eigenvalue weighted by molar-refractivity contribution is 5.87. The molecule has 0 saturated heterocycles. The van der Waals surface area contributed by atoms with E-state index in [4.69, 9.17) is 9.47 Å². The number of esters is 1. The van der Waals surface area contributed by atoms with Gasteiger partial charge in [-0.3, -0.25) is 4.79 Å². The van der Waals surface area contributed by atoms with Gasteiger partial charge in [-0.05, 0) is 17.9 Å². The first kappa shape index (κ1) is 17.2. The quantitative estimate of drug-likeness (QED) is 0.782. The molecule has 5 nitrogen and oxygen atoms in total. The van der Waals surface area contributed by atoms with Crippen LogP contribution in [0.25, 0.3) is 0 Å². The van der Waals surface area contributed by atoms with Gasteiger partial charge in [0.1, 0.15) is 6.04 Å².